The maximum Gasteiger partial charge on any atom is 0.449 e. The lowest BCUT2D eigenvalue weighted by molar-refractivity contribution is -0.150. The number of allylic oxidation sites excluding steroid dienone is 2. The van der Waals surface area contributed by atoms with Crippen molar-refractivity contribution < 1.29 is 22.7 Å². The summed E-state index contributed by atoms with van der Waals surface area (Å²) >= 11 is 0. The highest BCUT2D eigenvalue weighted by atomic mass is 19.4. The number of carbonyl (C=O) groups is 1. The molecule has 1 aliphatic rings. The van der Waals surface area contributed by atoms with Crippen LogP contribution in [0.3, 0.4) is 0 Å². The van der Waals surface area contributed by atoms with Gasteiger partial charge in [-0.25, -0.2) is 0 Å². The number of benzene rings is 1. The number of halogens is 3. The van der Waals surface area contributed by atoms with Crippen molar-refractivity contribution in [3.05, 3.63) is 47.7 Å². The largest absolute Gasteiger partial charge is 0.480 e. The summed E-state index contributed by atoms with van der Waals surface area (Å²) < 4.78 is 42.2. The van der Waals surface area contributed by atoms with Crippen molar-refractivity contribution in [1.82, 2.24) is 0 Å². The van der Waals surface area contributed by atoms with E-state index >= 15 is 0 Å². The van der Waals surface area contributed by atoms with Crippen molar-refractivity contribution in [3.8, 4) is 0 Å². The average Bonchev–Trinajstić information content (AvgIpc) is 2.28. The lowest BCUT2D eigenvalue weighted by atomic mass is 10.0. The van der Waals surface area contributed by atoms with Gasteiger partial charge in [-0.15, -0.1) is 0 Å². The van der Waals surface area contributed by atoms with E-state index in [1.54, 1.807) is 30.3 Å². The molecule has 1 unspecified atom stereocenters. The minimum Gasteiger partial charge on any atom is -0.480 e. The summed E-state index contributed by atoms with van der Waals surface area (Å²) in [6.45, 7) is 0. The van der Waals surface area contributed by atoms with Gasteiger partial charge in [-0.2, -0.15) is 13.2 Å². The van der Waals surface area contributed by atoms with Crippen molar-refractivity contribution in [1.29, 1.82) is 0 Å². The summed E-state index contributed by atoms with van der Waals surface area (Å²) in [7, 11) is 0. The van der Waals surface area contributed by atoms with Crippen LogP contribution in [-0.4, -0.2) is 12.0 Å². The second-order valence-electron chi connectivity index (χ2n) is 3.69. The van der Waals surface area contributed by atoms with Crippen LogP contribution in [0, 0.1) is 0 Å². The number of hydrogen-bond acceptors (Lipinski definition) is 2. The van der Waals surface area contributed by atoms with E-state index in [1.165, 1.54) is 0 Å². The standard InChI is InChI=1S/C12H9F3O2/c13-12(14,15)11-7-9(16)6-10(17-11)8-4-2-1-3-5-8/h1-5,7,10H,6H2. The molecule has 0 N–H and O–H groups in total. The zero-order valence-electron chi connectivity index (χ0n) is 8.70. The Morgan fingerprint density at radius 2 is 1.82 bits per heavy atom. The van der Waals surface area contributed by atoms with Crippen LogP contribution in [-0.2, 0) is 9.53 Å². The topological polar surface area (TPSA) is 26.3 Å². The Balaban J connectivity index is 2.25. The molecule has 2 rings (SSSR count). The third-order valence-corrected chi connectivity index (χ3v) is 2.40. The molecule has 1 heterocycles. The predicted octanol–water partition coefficient (Wildman–Crippen LogP) is 3.16. The lowest BCUT2D eigenvalue weighted by Gasteiger charge is -2.25. The average molecular weight is 242 g/mol. The molecule has 90 valence electrons. The van der Waals surface area contributed by atoms with Crippen molar-refractivity contribution >= 4 is 5.78 Å². The first kappa shape index (κ1) is 11.7. The highest BCUT2D eigenvalue weighted by Gasteiger charge is 2.40. The second kappa shape index (κ2) is 4.24. The zero-order valence-corrected chi connectivity index (χ0v) is 8.70. The maximum atomic E-state index is 12.5. The van der Waals surface area contributed by atoms with Gasteiger partial charge in [0.15, 0.2) is 5.78 Å². The van der Waals surface area contributed by atoms with Crippen LogP contribution in [0.15, 0.2) is 42.2 Å². The number of hydrogen-bond donors (Lipinski definition) is 0. The van der Waals surface area contributed by atoms with Crippen LogP contribution in [0.5, 0.6) is 0 Å². The number of rotatable bonds is 1. The molecule has 1 aromatic rings. The smallest absolute Gasteiger partial charge is 0.449 e. The summed E-state index contributed by atoms with van der Waals surface area (Å²) in [6, 6.07) is 8.40. The molecule has 0 saturated carbocycles. The Hall–Kier alpha value is -1.78. The highest BCUT2D eigenvalue weighted by molar-refractivity contribution is 5.91. The number of carbonyl (C=O) groups excluding carboxylic acids is 1. The van der Waals surface area contributed by atoms with Crippen LogP contribution in [0.1, 0.15) is 18.1 Å². The highest BCUT2D eigenvalue weighted by Crippen LogP contribution is 2.36. The van der Waals surface area contributed by atoms with E-state index in [0.717, 1.165) is 0 Å². The molecule has 0 aliphatic carbocycles. The lowest BCUT2D eigenvalue weighted by Crippen LogP contribution is -2.24. The maximum absolute atomic E-state index is 12.5. The minimum atomic E-state index is -4.62. The van der Waals surface area contributed by atoms with Gasteiger partial charge in [0.05, 0.1) is 6.42 Å². The van der Waals surface area contributed by atoms with E-state index in [0.29, 0.717) is 11.6 Å². The molecule has 0 bridgehead atoms. The molecule has 17 heavy (non-hydrogen) atoms. The normalized spacial score (nSPS) is 20.8. The fourth-order valence-corrected chi connectivity index (χ4v) is 1.62. The Kier molecular flexibility index (Phi) is 2.92. The first-order valence-electron chi connectivity index (χ1n) is 5.00. The van der Waals surface area contributed by atoms with Crippen LogP contribution in [0.2, 0.25) is 0 Å². The Morgan fingerprint density at radius 1 is 1.18 bits per heavy atom. The Labute approximate surface area is 95.7 Å². The molecule has 0 fully saturated rings. The fraction of sp³-hybridized carbons (Fsp3) is 0.250. The first-order chi connectivity index (χ1) is 7.97. The van der Waals surface area contributed by atoms with Gasteiger partial charge in [-0.3, -0.25) is 4.79 Å². The molecule has 0 aromatic heterocycles. The number of ether oxygens (including phenoxy) is 1. The molecular weight excluding hydrogens is 233 g/mol. The van der Waals surface area contributed by atoms with E-state index in [1.807, 2.05) is 0 Å². The summed E-state index contributed by atoms with van der Waals surface area (Å²) in [5.74, 6) is -1.79. The van der Waals surface area contributed by atoms with Crippen LogP contribution < -0.4 is 0 Å². The van der Waals surface area contributed by atoms with E-state index < -0.39 is 23.8 Å². The van der Waals surface area contributed by atoms with Gasteiger partial charge in [0, 0.05) is 6.08 Å². The van der Waals surface area contributed by atoms with Crippen molar-refractivity contribution in [2.75, 3.05) is 0 Å². The predicted molar refractivity (Wildman–Crippen MR) is 54.0 cm³/mol. The van der Waals surface area contributed by atoms with E-state index in [9.17, 15) is 18.0 Å². The Morgan fingerprint density at radius 3 is 2.41 bits per heavy atom. The molecule has 0 amide bonds. The van der Waals surface area contributed by atoms with Gasteiger partial charge in [-0.05, 0) is 5.56 Å². The number of ketones is 1. The first-order valence-corrected chi connectivity index (χ1v) is 5.00. The van der Waals surface area contributed by atoms with Gasteiger partial charge in [-0.1, -0.05) is 30.3 Å². The molecule has 0 radical (unpaired) electrons. The minimum absolute atomic E-state index is 0.0659. The summed E-state index contributed by atoms with van der Waals surface area (Å²) in [4.78, 5) is 11.2. The molecule has 2 nitrogen and oxygen atoms in total. The van der Waals surface area contributed by atoms with Crippen molar-refractivity contribution in [2.45, 2.75) is 18.7 Å². The van der Waals surface area contributed by atoms with E-state index in [2.05, 4.69) is 0 Å². The molecule has 1 aliphatic heterocycles. The van der Waals surface area contributed by atoms with Gasteiger partial charge >= 0.3 is 6.18 Å². The van der Waals surface area contributed by atoms with E-state index in [-0.39, 0.29) is 6.42 Å². The van der Waals surface area contributed by atoms with Crippen LogP contribution in [0.25, 0.3) is 0 Å². The summed E-state index contributed by atoms with van der Waals surface area (Å²) in [6.07, 6.45) is -5.03. The summed E-state index contributed by atoms with van der Waals surface area (Å²) in [5.41, 5.74) is 0.565. The fourth-order valence-electron chi connectivity index (χ4n) is 1.62. The van der Waals surface area contributed by atoms with Crippen LogP contribution >= 0.6 is 0 Å². The third-order valence-electron chi connectivity index (χ3n) is 2.40. The monoisotopic (exact) mass is 242 g/mol. The molecule has 0 saturated heterocycles. The van der Waals surface area contributed by atoms with Gasteiger partial charge in [0.25, 0.3) is 0 Å². The van der Waals surface area contributed by atoms with E-state index in [4.69, 9.17) is 4.74 Å². The Bertz CT molecular complexity index is 449. The molecule has 1 aromatic carbocycles. The van der Waals surface area contributed by atoms with Crippen molar-refractivity contribution in [3.63, 3.8) is 0 Å². The second-order valence-corrected chi connectivity index (χ2v) is 3.69. The van der Waals surface area contributed by atoms with Gasteiger partial charge in [0.2, 0.25) is 5.76 Å². The molecule has 1 atom stereocenters. The molecular formula is C12H9F3O2. The zero-order chi connectivity index (χ0) is 12.5. The summed E-state index contributed by atoms with van der Waals surface area (Å²) in [5, 5.41) is 0. The van der Waals surface area contributed by atoms with Crippen molar-refractivity contribution in [2.24, 2.45) is 0 Å². The quantitative estimate of drug-likeness (QED) is 0.756. The number of alkyl halides is 3. The molecule has 0 spiro atoms. The van der Waals surface area contributed by atoms with Gasteiger partial charge < -0.3 is 4.74 Å². The molecule has 5 heteroatoms. The third kappa shape index (κ3) is 2.67. The van der Waals surface area contributed by atoms with Gasteiger partial charge in [0.1, 0.15) is 6.10 Å². The van der Waals surface area contributed by atoms with Crippen LogP contribution in [0.4, 0.5) is 13.2 Å². The SMILES string of the molecule is O=C1C=C(C(F)(F)F)OC(c2ccccc2)C1.